The third kappa shape index (κ3) is 10.8. The van der Waals surface area contributed by atoms with E-state index < -0.39 is 0 Å². The first-order valence-electron chi connectivity index (χ1n) is 2.14. The zero-order chi connectivity index (χ0) is 4.83. The minimum Gasteiger partial charge on any atom is -0.412 e. The third-order valence-corrected chi connectivity index (χ3v) is 0.538. The highest BCUT2D eigenvalue weighted by Crippen LogP contribution is 1.78. The molecule has 0 amide bonds. The molecule has 0 rings (SSSR count). The van der Waals surface area contributed by atoms with Gasteiger partial charge in [-0.25, -0.2) is 0 Å². The van der Waals surface area contributed by atoms with E-state index in [0.29, 0.717) is 0 Å². The molecule has 0 fully saturated rings. The summed E-state index contributed by atoms with van der Waals surface area (Å²) in [7, 11) is 0. The largest absolute Gasteiger partial charge is 0.412 e. The molecule has 0 unspecified atom stereocenters. The molecule has 0 aliphatic rings. The summed E-state index contributed by atoms with van der Waals surface area (Å²) < 4.78 is 0. The van der Waals surface area contributed by atoms with Crippen LogP contribution in [0.1, 0.15) is 13.3 Å². The molecule has 1 heteroatoms. The lowest BCUT2D eigenvalue weighted by Crippen LogP contribution is -1.48. The second-order valence-electron chi connectivity index (χ2n) is 1.09. The fourth-order valence-electron chi connectivity index (χ4n) is 0.232. The van der Waals surface area contributed by atoms with E-state index in [1.165, 1.54) is 0 Å². The molecule has 0 heterocycles. The van der Waals surface area contributed by atoms with Gasteiger partial charge in [0.2, 0.25) is 0 Å². The Kier molecular flexibility index (Phi) is 12.5. The van der Waals surface area contributed by atoms with Crippen molar-refractivity contribution >= 4 is 0 Å². The number of hydrogen-bond donors (Lipinski definition) is 0. The van der Waals surface area contributed by atoms with Crippen LogP contribution in [0.15, 0.2) is 24.8 Å². The van der Waals surface area contributed by atoms with Crippen LogP contribution in [0, 0.1) is 0 Å². The van der Waals surface area contributed by atoms with E-state index in [9.17, 15) is 0 Å². The normalized spacial score (nSPS) is 8.14. The Hall–Kier alpha value is -0.560. The van der Waals surface area contributed by atoms with Crippen molar-refractivity contribution in [1.82, 2.24) is 0 Å². The number of rotatable bonds is 2. The monoisotopic (exact) mass is 100 g/mol. The number of hydrogen-bond acceptors (Lipinski definition) is 0. The average Bonchev–Trinajstić information content (AvgIpc) is 1.61. The van der Waals surface area contributed by atoms with Gasteiger partial charge in [0, 0.05) is 0 Å². The molecule has 42 valence electrons. The second kappa shape index (κ2) is 9.06. The SMILES string of the molecule is C=CCC=CC.O. The van der Waals surface area contributed by atoms with Gasteiger partial charge in [0.25, 0.3) is 0 Å². The lowest BCUT2D eigenvalue weighted by molar-refractivity contribution is 0.824. The third-order valence-electron chi connectivity index (χ3n) is 0.538. The second-order valence-corrected chi connectivity index (χ2v) is 1.09. The topological polar surface area (TPSA) is 31.5 Å². The molecule has 0 aliphatic heterocycles. The Balaban J connectivity index is 0. The van der Waals surface area contributed by atoms with Crippen molar-refractivity contribution in [1.29, 1.82) is 0 Å². The lowest BCUT2D eigenvalue weighted by atomic mass is 10.4. The van der Waals surface area contributed by atoms with Crippen LogP contribution in [0.3, 0.4) is 0 Å². The molecule has 1 nitrogen and oxygen atoms in total. The van der Waals surface area contributed by atoms with Gasteiger partial charge < -0.3 is 5.48 Å². The molecule has 0 bridgehead atoms. The summed E-state index contributed by atoms with van der Waals surface area (Å²) in [6, 6.07) is 0. The van der Waals surface area contributed by atoms with Gasteiger partial charge in [-0.3, -0.25) is 0 Å². The molecular weight excluding hydrogens is 88.1 g/mol. The molecule has 0 aromatic heterocycles. The van der Waals surface area contributed by atoms with Gasteiger partial charge in [0.05, 0.1) is 0 Å². The highest BCUT2D eigenvalue weighted by molar-refractivity contribution is 4.85. The Morgan fingerprint density at radius 3 is 2.29 bits per heavy atom. The van der Waals surface area contributed by atoms with Gasteiger partial charge in [0.15, 0.2) is 0 Å². The summed E-state index contributed by atoms with van der Waals surface area (Å²) in [6.07, 6.45) is 6.95. The van der Waals surface area contributed by atoms with Crippen molar-refractivity contribution < 1.29 is 5.48 Å². The maximum absolute atomic E-state index is 3.55. The van der Waals surface area contributed by atoms with E-state index in [2.05, 4.69) is 12.7 Å². The summed E-state index contributed by atoms with van der Waals surface area (Å²) >= 11 is 0. The van der Waals surface area contributed by atoms with Gasteiger partial charge in [0.1, 0.15) is 0 Å². The van der Waals surface area contributed by atoms with E-state index in [4.69, 9.17) is 0 Å². The predicted octanol–water partition coefficient (Wildman–Crippen LogP) is 1.31. The highest BCUT2D eigenvalue weighted by Gasteiger charge is 1.57. The molecule has 0 radical (unpaired) electrons. The molecule has 2 N–H and O–H groups in total. The van der Waals surface area contributed by atoms with Crippen LogP contribution in [0.25, 0.3) is 0 Å². The van der Waals surface area contributed by atoms with E-state index in [1.54, 1.807) is 0 Å². The van der Waals surface area contributed by atoms with Crippen molar-refractivity contribution in [2.45, 2.75) is 13.3 Å². The molecule has 0 spiro atoms. The first-order chi connectivity index (χ1) is 2.91. The molecular formula is C6H12O. The fourth-order valence-corrected chi connectivity index (χ4v) is 0.232. The van der Waals surface area contributed by atoms with Crippen molar-refractivity contribution in [3.8, 4) is 0 Å². The average molecular weight is 100 g/mol. The fraction of sp³-hybridized carbons (Fsp3) is 0.333. The maximum Gasteiger partial charge on any atom is -0.0172 e. The zero-order valence-corrected chi connectivity index (χ0v) is 4.65. The van der Waals surface area contributed by atoms with Crippen molar-refractivity contribution in [3.05, 3.63) is 24.8 Å². The molecule has 0 saturated carbocycles. The van der Waals surface area contributed by atoms with Gasteiger partial charge >= 0.3 is 0 Å². The molecule has 0 saturated heterocycles. The summed E-state index contributed by atoms with van der Waals surface area (Å²) in [5, 5.41) is 0. The zero-order valence-electron chi connectivity index (χ0n) is 4.65. The first-order valence-corrected chi connectivity index (χ1v) is 2.14. The van der Waals surface area contributed by atoms with Crippen molar-refractivity contribution in [2.75, 3.05) is 0 Å². The van der Waals surface area contributed by atoms with Crippen molar-refractivity contribution in [2.24, 2.45) is 0 Å². The van der Waals surface area contributed by atoms with E-state index in [1.807, 2.05) is 19.1 Å². The summed E-state index contributed by atoms with van der Waals surface area (Å²) in [5.41, 5.74) is 0. The Bertz CT molecular complexity index is 55.2. The van der Waals surface area contributed by atoms with E-state index >= 15 is 0 Å². The Morgan fingerprint density at radius 1 is 1.57 bits per heavy atom. The minimum absolute atomic E-state index is 0. The molecule has 7 heavy (non-hydrogen) atoms. The van der Waals surface area contributed by atoms with Gasteiger partial charge in [-0.05, 0) is 13.3 Å². The van der Waals surface area contributed by atoms with Gasteiger partial charge in [-0.1, -0.05) is 18.2 Å². The minimum atomic E-state index is 0. The van der Waals surface area contributed by atoms with Gasteiger partial charge in [-0.2, -0.15) is 0 Å². The Morgan fingerprint density at radius 2 is 2.14 bits per heavy atom. The van der Waals surface area contributed by atoms with E-state index in [0.717, 1.165) is 6.42 Å². The van der Waals surface area contributed by atoms with Crippen LogP contribution < -0.4 is 0 Å². The molecule has 0 aliphatic carbocycles. The van der Waals surface area contributed by atoms with Crippen molar-refractivity contribution in [3.63, 3.8) is 0 Å². The smallest absolute Gasteiger partial charge is 0.0172 e. The van der Waals surface area contributed by atoms with Crippen LogP contribution in [0.2, 0.25) is 0 Å². The summed E-state index contributed by atoms with van der Waals surface area (Å²) in [4.78, 5) is 0. The molecule has 0 atom stereocenters. The highest BCUT2D eigenvalue weighted by atomic mass is 16.0. The van der Waals surface area contributed by atoms with Crippen LogP contribution in [0.4, 0.5) is 0 Å². The van der Waals surface area contributed by atoms with Crippen LogP contribution in [0.5, 0.6) is 0 Å². The quantitative estimate of drug-likeness (QED) is 0.469. The van der Waals surface area contributed by atoms with Crippen LogP contribution in [-0.4, -0.2) is 5.48 Å². The van der Waals surface area contributed by atoms with E-state index in [-0.39, 0.29) is 5.48 Å². The Labute approximate surface area is 44.7 Å². The van der Waals surface area contributed by atoms with Gasteiger partial charge in [-0.15, -0.1) is 6.58 Å². The summed E-state index contributed by atoms with van der Waals surface area (Å²) in [5.74, 6) is 0. The standard InChI is InChI=1S/C6H10.H2O/c1-3-5-6-4-2;/h3-4,6H,1,5H2,2H3;1H2. The lowest BCUT2D eigenvalue weighted by Gasteiger charge is -1.69. The first kappa shape index (κ1) is 9.67. The predicted molar refractivity (Wildman–Crippen MR) is 33.2 cm³/mol. The maximum atomic E-state index is 3.55. The number of allylic oxidation sites excluding steroid dienone is 3. The molecule has 0 aromatic rings. The summed E-state index contributed by atoms with van der Waals surface area (Å²) in [6.45, 7) is 5.55. The van der Waals surface area contributed by atoms with Crippen LogP contribution >= 0.6 is 0 Å². The molecule has 0 aromatic carbocycles. The van der Waals surface area contributed by atoms with Crippen LogP contribution in [-0.2, 0) is 0 Å².